The van der Waals surface area contributed by atoms with Crippen molar-refractivity contribution in [2.45, 2.75) is 50.7 Å². The lowest BCUT2D eigenvalue weighted by molar-refractivity contribution is 0.0975. The highest BCUT2D eigenvalue weighted by Crippen LogP contribution is 2.42. The molecular weight excluding hydrogens is 418 g/mol. The number of aromatic nitrogens is 2. The van der Waals surface area contributed by atoms with Crippen LogP contribution in [0.15, 0.2) is 12.1 Å². The summed E-state index contributed by atoms with van der Waals surface area (Å²) < 4.78 is 27.5. The van der Waals surface area contributed by atoms with Crippen molar-refractivity contribution < 1.29 is 13.9 Å². The van der Waals surface area contributed by atoms with Gasteiger partial charge in [0, 0.05) is 35.6 Å². The van der Waals surface area contributed by atoms with Gasteiger partial charge in [-0.25, -0.2) is 13.8 Å². The smallest absolute Gasteiger partial charge is 0.227 e. The molecule has 3 aliphatic rings. The van der Waals surface area contributed by atoms with Gasteiger partial charge in [0.1, 0.15) is 5.82 Å². The molecule has 1 saturated heterocycles. The first-order valence-electron chi connectivity index (χ1n) is 11.0. The summed E-state index contributed by atoms with van der Waals surface area (Å²) in [6, 6.07) is 2.56. The van der Waals surface area contributed by atoms with Crippen LogP contribution >= 0.6 is 11.8 Å². The Labute approximate surface area is 185 Å². The summed E-state index contributed by atoms with van der Waals surface area (Å²) in [6.45, 7) is 6.04. The second kappa shape index (κ2) is 7.89. The van der Waals surface area contributed by atoms with Crippen LogP contribution in [-0.2, 0) is 17.9 Å². The van der Waals surface area contributed by atoms with Crippen LogP contribution in [0.4, 0.5) is 20.5 Å². The van der Waals surface area contributed by atoms with Crippen molar-refractivity contribution in [2.75, 3.05) is 29.9 Å². The van der Waals surface area contributed by atoms with Gasteiger partial charge in [-0.15, -0.1) is 0 Å². The van der Waals surface area contributed by atoms with Crippen molar-refractivity contribution in [3.8, 4) is 0 Å². The topological polar surface area (TPSA) is 61.3 Å². The molecule has 0 bridgehead atoms. The summed E-state index contributed by atoms with van der Waals surface area (Å²) in [6.07, 6.45) is 2.42. The normalized spacial score (nSPS) is 24.7. The lowest BCUT2D eigenvalue weighted by atomic mass is 9.77. The molecule has 1 aromatic heterocycles. The van der Waals surface area contributed by atoms with Crippen LogP contribution in [0.3, 0.4) is 0 Å². The van der Waals surface area contributed by atoms with Gasteiger partial charge in [0.25, 0.3) is 0 Å². The SMILES string of the molecule is CC(C)C1(CO)CCN(c2nc3c(c(NC4CCc5cc(F)c(F)cc54)n2)CSC3)C1. The number of nitrogens with one attached hydrogen (secondary N) is 1. The Kier molecular flexibility index (Phi) is 5.33. The lowest BCUT2D eigenvalue weighted by Gasteiger charge is -2.31. The number of fused-ring (bicyclic) bond motifs is 2. The highest BCUT2D eigenvalue weighted by atomic mass is 32.2. The molecule has 2 aromatic rings. The number of hydrogen-bond donors (Lipinski definition) is 2. The van der Waals surface area contributed by atoms with Gasteiger partial charge in [-0.1, -0.05) is 13.8 Å². The van der Waals surface area contributed by atoms with E-state index in [9.17, 15) is 13.9 Å². The van der Waals surface area contributed by atoms with Gasteiger partial charge in [-0.2, -0.15) is 16.7 Å². The maximum atomic E-state index is 13.9. The van der Waals surface area contributed by atoms with Crippen molar-refractivity contribution >= 4 is 23.5 Å². The number of aliphatic hydroxyl groups is 1. The number of hydrogen-bond acceptors (Lipinski definition) is 6. The number of benzene rings is 1. The first-order chi connectivity index (χ1) is 14.9. The molecule has 0 radical (unpaired) electrons. The third-order valence-electron chi connectivity index (χ3n) is 7.34. The van der Waals surface area contributed by atoms with E-state index in [-0.39, 0.29) is 18.1 Å². The fourth-order valence-electron chi connectivity index (χ4n) is 5.06. The third kappa shape index (κ3) is 3.57. The lowest BCUT2D eigenvalue weighted by Crippen LogP contribution is -2.35. The van der Waals surface area contributed by atoms with E-state index < -0.39 is 11.6 Å². The van der Waals surface area contributed by atoms with E-state index in [1.165, 1.54) is 12.1 Å². The first kappa shape index (κ1) is 20.9. The summed E-state index contributed by atoms with van der Waals surface area (Å²) in [4.78, 5) is 11.9. The van der Waals surface area contributed by atoms with Crippen molar-refractivity contribution in [1.29, 1.82) is 0 Å². The molecule has 1 fully saturated rings. The average molecular weight is 447 g/mol. The van der Waals surface area contributed by atoms with Gasteiger partial charge in [0.15, 0.2) is 11.6 Å². The van der Waals surface area contributed by atoms with E-state index in [0.717, 1.165) is 72.1 Å². The molecule has 5 rings (SSSR count). The Balaban J connectivity index is 1.45. The van der Waals surface area contributed by atoms with Crippen molar-refractivity contribution in [3.05, 3.63) is 46.2 Å². The molecule has 3 heterocycles. The highest BCUT2D eigenvalue weighted by molar-refractivity contribution is 7.98. The summed E-state index contributed by atoms with van der Waals surface area (Å²) >= 11 is 1.81. The fourth-order valence-corrected chi connectivity index (χ4v) is 6.10. The fraction of sp³-hybridized carbons (Fsp3) is 0.565. The van der Waals surface area contributed by atoms with E-state index in [1.54, 1.807) is 0 Å². The molecule has 166 valence electrons. The number of halogens is 2. The van der Waals surface area contributed by atoms with Gasteiger partial charge in [0.05, 0.1) is 18.3 Å². The van der Waals surface area contributed by atoms with Crippen LogP contribution in [-0.4, -0.2) is 34.8 Å². The Hall–Kier alpha value is -1.93. The summed E-state index contributed by atoms with van der Waals surface area (Å²) in [5, 5.41) is 13.6. The quantitative estimate of drug-likeness (QED) is 0.708. The highest BCUT2D eigenvalue weighted by Gasteiger charge is 2.41. The Bertz CT molecular complexity index is 1020. The molecule has 0 amide bonds. The first-order valence-corrected chi connectivity index (χ1v) is 12.1. The third-order valence-corrected chi connectivity index (χ3v) is 8.32. The van der Waals surface area contributed by atoms with Gasteiger partial charge in [-0.3, -0.25) is 0 Å². The number of rotatable bonds is 5. The molecule has 1 aliphatic carbocycles. The monoisotopic (exact) mass is 446 g/mol. The number of anilines is 2. The van der Waals surface area contributed by atoms with E-state index in [0.29, 0.717) is 11.9 Å². The van der Waals surface area contributed by atoms with E-state index in [1.807, 2.05) is 11.8 Å². The molecule has 2 atom stereocenters. The zero-order valence-electron chi connectivity index (χ0n) is 17.9. The molecule has 1 aromatic carbocycles. The summed E-state index contributed by atoms with van der Waals surface area (Å²) in [7, 11) is 0. The Morgan fingerprint density at radius 1 is 1.26 bits per heavy atom. The van der Waals surface area contributed by atoms with Crippen LogP contribution in [0, 0.1) is 23.0 Å². The summed E-state index contributed by atoms with van der Waals surface area (Å²) in [5.41, 5.74) is 3.71. The van der Waals surface area contributed by atoms with Gasteiger partial charge in [0.2, 0.25) is 5.95 Å². The molecule has 5 nitrogen and oxygen atoms in total. The minimum absolute atomic E-state index is 0.0895. The predicted octanol–water partition coefficient (Wildman–Crippen LogP) is 4.45. The van der Waals surface area contributed by atoms with E-state index in [2.05, 4.69) is 24.1 Å². The number of thioether (sulfide) groups is 1. The molecule has 2 aliphatic heterocycles. The minimum Gasteiger partial charge on any atom is -0.396 e. The maximum Gasteiger partial charge on any atom is 0.227 e. The Morgan fingerprint density at radius 3 is 2.81 bits per heavy atom. The number of aliphatic hydroxyl groups excluding tert-OH is 1. The molecule has 0 saturated carbocycles. The van der Waals surface area contributed by atoms with Crippen LogP contribution in [0.1, 0.15) is 55.1 Å². The van der Waals surface area contributed by atoms with Crippen LogP contribution in [0.25, 0.3) is 0 Å². The van der Waals surface area contributed by atoms with Crippen molar-refractivity contribution in [2.24, 2.45) is 11.3 Å². The second-order valence-electron chi connectivity index (χ2n) is 9.34. The van der Waals surface area contributed by atoms with Gasteiger partial charge in [-0.05, 0) is 48.4 Å². The molecule has 8 heteroatoms. The summed E-state index contributed by atoms with van der Waals surface area (Å²) in [5.74, 6) is 1.98. The molecular formula is C23H28F2N4OS. The van der Waals surface area contributed by atoms with Gasteiger partial charge < -0.3 is 15.3 Å². The van der Waals surface area contributed by atoms with Crippen LogP contribution < -0.4 is 10.2 Å². The predicted molar refractivity (Wildman–Crippen MR) is 119 cm³/mol. The average Bonchev–Trinajstić information content (AvgIpc) is 3.48. The largest absolute Gasteiger partial charge is 0.396 e. The zero-order chi connectivity index (χ0) is 21.8. The maximum absolute atomic E-state index is 13.9. The standard InChI is InChI=1S/C23H28F2N4OS/c1-13(2)23(12-30)5-6-29(11-23)22-27-20-10-31-9-16(20)21(28-22)26-19-4-3-14-7-17(24)18(25)8-15(14)19/h7-8,13,19,30H,3-6,9-12H2,1-2H3,(H,26,27,28). The second-order valence-corrected chi connectivity index (χ2v) is 10.3. The molecule has 2 unspecified atom stereocenters. The zero-order valence-corrected chi connectivity index (χ0v) is 18.7. The van der Waals surface area contributed by atoms with Crippen molar-refractivity contribution in [3.63, 3.8) is 0 Å². The van der Waals surface area contributed by atoms with E-state index in [4.69, 9.17) is 9.97 Å². The number of nitrogens with zero attached hydrogens (tertiary/aromatic N) is 3. The van der Waals surface area contributed by atoms with Gasteiger partial charge >= 0.3 is 0 Å². The van der Waals surface area contributed by atoms with Crippen LogP contribution in [0.2, 0.25) is 0 Å². The number of aryl methyl sites for hydroxylation is 1. The Morgan fingerprint density at radius 2 is 2.06 bits per heavy atom. The molecule has 31 heavy (non-hydrogen) atoms. The molecule has 2 N–H and O–H groups in total. The molecule has 0 spiro atoms. The van der Waals surface area contributed by atoms with E-state index >= 15 is 0 Å². The minimum atomic E-state index is -0.803. The van der Waals surface area contributed by atoms with Crippen molar-refractivity contribution in [1.82, 2.24) is 9.97 Å². The van der Waals surface area contributed by atoms with Crippen LogP contribution in [0.5, 0.6) is 0 Å².